The van der Waals surface area contributed by atoms with Crippen LogP contribution in [-0.4, -0.2) is 19.8 Å². The zero-order valence-corrected chi connectivity index (χ0v) is 11.7. The molecule has 2 fully saturated rings. The molecule has 100 valence electrons. The third kappa shape index (κ3) is 2.01. The molecular weight excluding hydrogens is 258 g/mol. The summed E-state index contributed by atoms with van der Waals surface area (Å²) in [6, 6.07) is 7.56. The molecule has 2 bridgehead atoms. The lowest BCUT2D eigenvalue weighted by molar-refractivity contribution is 0.0179. The molecule has 1 aromatic carbocycles. The van der Waals surface area contributed by atoms with Gasteiger partial charge < -0.3 is 5.11 Å². The van der Waals surface area contributed by atoms with Gasteiger partial charge in [0.15, 0.2) is 0 Å². The van der Waals surface area contributed by atoms with Gasteiger partial charge in [0.2, 0.25) is 0 Å². The molecule has 4 heteroatoms. The summed E-state index contributed by atoms with van der Waals surface area (Å²) < 4.78 is 12.0. The zero-order chi connectivity index (χ0) is 13.6. The van der Waals surface area contributed by atoms with Crippen molar-refractivity contribution in [1.29, 1.82) is 5.26 Å². The van der Waals surface area contributed by atoms with Crippen molar-refractivity contribution in [2.45, 2.75) is 48.7 Å². The highest BCUT2D eigenvalue weighted by atomic mass is 32.2. The summed E-state index contributed by atoms with van der Waals surface area (Å²) in [5, 5.41) is 20.1. The molecule has 0 saturated carbocycles. The van der Waals surface area contributed by atoms with Gasteiger partial charge in [0.25, 0.3) is 0 Å². The number of rotatable bonds is 1. The lowest BCUT2D eigenvalue weighted by atomic mass is 9.83. The number of hydrogen-bond donors (Lipinski definition) is 1. The number of fused-ring (bicyclic) bond motifs is 2. The number of nitrogens with zero attached hydrogens (tertiary/aromatic N) is 1. The van der Waals surface area contributed by atoms with Crippen LogP contribution in [0.1, 0.15) is 42.4 Å². The predicted octanol–water partition coefficient (Wildman–Crippen LogP) is 2.13. The third-order valence-corrected chi connectivity index (χ3v) is 6.57. The standard InChI is InChI=1S/C15H17NO2S/c1-10-6-11(9-16)2-5-14(10)15(17)7-12-3-4-13(8-15)19(12)18/h2,5-6,12-13,17H,3-4,7-8H2,1H3. The summed E-state index contributed by atoms with van der Waals surface area (Å²) in [5.41, 5.74) is 1.61. The van der Waals surface area contributed by atoms with Gasteiger partial charge in [-0.3, -0.25) is 4.21 Å². The van der Waals surface area contributed by atoms with Crippen molar-refractivity contribution in [3.05, 3.63) is 34.9 Å². The SMILES string of the molecule is Cc1cc(C#N)ccc1C1(O)CC2CCC(C1)S2=O. The Hall–Kier alpha value is -1.18. The van der Waals surface area contributed by atoms with Gasteiger partial charge in [-0.1, -0.05) is 6.07 Å². The minimum atomic E-state index is -0.863. The molecule has 0 amide bonds. The van der Waals surface area contributed by atoms with E-state index >= 15 is 0 Å². The van der Waals surface area contributed by atoms with Gasteiger partial charge in [-0.15, -0.1) is 0 Å². The van der Waals surface area contributed by atoms with Crippen molar-refractivity contribution in [2.75, 3.05) is 0 Å². The molecule has 0 radical (unpaired) electrons. The van der Waals surface area contributed by atoms with Crippen molar-refractivity contribution < 1.29 is 9.32 Å². The van der Waals surface area contributed by atoms with Gasteiger partial charge in [0.05, 0.1) is 17.2 Å². The molecule has 3 nitrogen and oxygen atoms in total. The molecule has 1 N–H and O–H groups in total. The van der Waals surface area contributed by atoms with Gasteiger partial charge in [-0.25, -0.2) is 0 Å². The van der Waals surface area contributed by atoms with Crippen LogP contribution in [0.3, 0.4) is 0 Å². The van der Waals surface area contributed by atoms with E-state index in [1.165, 1.54) is 0 Å². The van der Waals surface area contributed by atoms with Gasteiger partial charge in [0, 0.05) is 21.3 Å². The molecule has 2 atom stereocenters. The first kappa shape index (κ1) is 12.8. The predicted molar refractivity (Wildman–Crippen MR) is 74.0 cm³/mol. The fraction of sp³-hybridized carbons (Fsp3) is 0.533. The summed E-state index contributed by atoms with van der Waals surface area (Å²) in [6.07, 6.45) is 3.11. The second-order valence-corrected chi connectivity index (χ2v) is 7.72. The topological polar surface area (TPSA) is 61.1 Å². The smallest absolute Gasteiger partial charge is 0.0991 e. The maximum absolute atomic E-state index is 12.0. The van der Waals surface area contributed by atoms with Gasteiger partial charge in [-0.05, 0) is 55.9 Å². The normalized spacial score (nSPS) is 37.0. The van der Waals surface area contributed by atoms with E-state index < -0.39 is 16.4 Å². The van der Waals surface area contributed by atoms with E-state index in [-0.39, 0.29) is 10.5 Å². The fourth-order valence-electron chi connectivity index (χ4n) is 3.56. The van der Waals surface area contributed by atoms with Crippen LogP contribution in [0.2, 0.25) is 0 Å². The zero-order valence-electron chi connectivity index (χ0n) is 10.9. The molecule has 2 saturated heterocycles. The monoisotopic (exact) mass is 275 g/mol. The minimum absolute atomic E-state index is 0.138. The maximum Gasteiger partial charge on any atom is 0.0991 e. The van der Waals surface area contributed by atoms with Gasteiger partial charge in [-0.2, -0.15) is 5.26 Å². The summed E-state index contributed by atoms with van der Waals surface area (Å²) >= 11 is 0. The molecule has 2 aliphatic rings. The average Bonchev–Trinajstić information content (AvgIpc) is 2.62. The largest absolute Gasteiger partial charge is 0.385 e. The number of hydrogen-bond acceptors (Lipinski definition) is 3. The molecule has 0 spiro atoms. The first-order valence-corrected chi connectivity index (χ1v) is 7.94. The van der Waals surface area contributed by atoms with Crippen molar-refractivity contribution >= 4 is 10.8 Å². The van der Waals surface area contributed by atoms with Gasteiger partial charge in [0.1, 0.15) is 0 Å². The van der Waals surface area contributed by atoms with Crippen LogP contribution in [0.5, 0.6) is 0 Å². The molecular formula is C15H17NO2S. The Morgan fingerprint density at radius 3 is 2.53 bits per heavy atom. The van der Waals surface area contributed by atoms with E-state index in [9.17, 15) is 9.32 Å². The molecule has 2 aliphatic heterocycles. The van der Waals surface area contributed by atoms with Crippen molar-refractivity contribution in [3.8, 4) is 6.07 Å². The van der Waals surface area contributed by atoms with Crippen LogP contribution < -0.4 is 0 Å². The Morgan fingerprint density at radius 1 is 1.37 bits per heavy atom. The Morgan fingerprint density at radius 2 is 2.00 bits per heavy atom. The van der Waals surface area contributed by atoms with Crippen LogP contribution >= 0.6 is 0 Å². The number of aryl methyl sites for hydroxylation is 1. The highest BCUT2D eigenvalue weighted by Crippen LogP contribution is 2.46. The van der Waals surface area contributed by atoms with Crippen molar-refractivity contribution in [3.63, 3.8) is 0 Å². The third-order valence-electron chi connectivity index (χ3n) is 4.46. The lowest BCUT2D eigenvalue weighted by Crippen LogP contribution is -2.40. The maximum atomic E-state index is 12.0. The Kier molecular flexibility index (Phi) is 2.99. The second-order valence-electron chi connectivity index (χ2n) is 5.73. The minimum Gasteiger partial charge on any atom is -0.385 e. The lowest BCUT2D eigenvalue weighted by Gasteiger charge is -2.37. The molecule has 2 heterocycles. The van der Waals surface area contributed by atoms with Crippen molar-refractivity contribution in [2.24, 2.45) is 0 Å². The first-order chi connectivity index (χ1) is 9.03. The molecule has 0 aromatic heterocycles. The Labute approximate surface area is 115 Å². The van der Waals surface area contributed by atoms with E-state index in [2.05, 4.69) is 6.07 Å². The number of nitriles is 1. The van der Waals surface area contributed by atoms with E-state index in [4.69, 9.17) is 5.26 Å². The summed E-state index contributed by atoms with van der Waals surface area (Å²) in [5.74, 6) is 0. The highest BCUT2D eigenvalue weighted by Gasteiger charge is 2.48. The highest BCUT2D eigenvalue weighted by molar-refractivity contribution is 7.86. The molecule has 19 heavy (non-hydrogen) atoms. The number of benzene rings is 1. The van der Waals surface area contributed by atoms with E-state index in [1.54, 1.807) is 6.07 Å². The van der Waals surface area contributed by atoms with Crippen LogP contribution in [0.25, 0.3) is 0 Å². The molecule has 0 aliphatic carbocycles. The second kappa shape index (κ2) is 4.43. The average molecular weight is 275 g/mol. The Balaban J connectivity index is 1.98. The quantitative estimate of drug-likeness (QED) is 0.854. The first-order valence-electron chi connectivity index (χ1n) is 6.66. The summed E-state index contributed by atoms with van der Waals surface area (Å²) in [7, 11) is -0.764. The summed E-state index contributed by atoms with van der Waals surface area (Å²) in [6.45, 7) is 1.93. The van der Waals surface area contributed by atoms with Crippen LogP contribution in [-0.2, 0) is 16.4 Å². The van der Waals surface area contributed by atoms with Gasteiger partial charge >= 0.3 is 0 Å². The van der Waals surface area contributed by atoms with E-state index in [0.717, 1.165) is 24.0 Å². The van der Waals surface area contributed by atoms with Crippen molar-refractivity contribution in [1.82, 2.24) is 0 Å². The fourth-order valence-corrected chi connectivity index (χ4v) is 5.72. The molecule has 3 rings (SSSR count). The summed E-state index contributed by atoms with van der Waals surface area (Å²) in [4.78, 5) is 0. The van der Waals surface area contributed by atoms with Crippen LogP contribution in [0, 0.1) is 18.3 Å². The molecule has 1 aromatic rings. The Bertz CT molecular complexity index is 574. The number of aliphatic hydroxyl groups is 1. The van der Waals surface area contributed by atoms with E-state index in [1.807, 2.05) is 19.1 Å². The van der Waals surface area contributed by atoms with E-state index in [0.29, 0.717) is 18.4 Å². The van der Waals surface area contributed by atoms with Crippen LogP contribution in [0.4, 0.5) is 0 Å². The molecule has 2 unspecified atom stereocenters. The van der Waals surface area contributed by atoms with Crippen LogP contribution in [0.15, 0.2) is 18.2 Å².